The van der Waals surface area contributed by atoms with E-state index >= 15 is 0 Å². The summed E-state index contributed by atoms with van der Waals surface area (Å²) in [5.41, 5.74) is 1.33. The van der Waals surface area contributed by atoms with Crippen molar-refractivity contribution in [1.82, 2.24) is 0 Å². The number of thiophene rings is 1. The summed E-state index contributed by atoms with van der Waals surface area (Å²) < 4.78 is 18.4. The first-order valence-electron chi connectivity index (χ1n) is 5.18. The SMILES string of the molecule is COc1ccsc1C(O)c1cc(C)cc(F)c1. The Labute approximate surface area is 103 Å². The lowest BCUT2D eigenvalue weighted by Crippen LogP contribution is -2.00. The summed E-state index contributed by atoms with van der Waals surface area (Å²) in [5.74, 6) is 0.291. The van der Waals surface area contributed by atoms with Crippen LogP contribution in [0.1, 0.15) is 22.1 Å². The minimum absolute atomic E-state index is 0.338. The Bertz CT molecular complexity index is 502. The molecule has 90 valence electrons. The van der Waals surface area contributed by atoms with Crippen LogP contribution in [0.5, 0.6) is 5.75 Å². The molecule has 0 radical (unpaired) electrons. The lowest BCUT2D eigenvalue weighted by molar-refractivity contribution is 0.218. The maximum atomic E-state index is 13.3. The van der Waals surface area contributed by atoms with Gasteiger partial charge in [0.2, 0.25) is 0 Å². The highest BCUT2D eigenvalue weighted by molar-refractivity contribution is 7.10. The fraction of sp³-hybridized carbons (Fsp3) is 0.231. The highest BCUT2D eigenvalue weighted by Gasteiger charge is 2.17. The Morgan fingerprint density at radius 3 is 2.76 bits per heavy atom. The molecular formula is C13H13FO2S. The number of halogens is 1. The first-order chi connectivity index (χ1) is 8.11. The molecule has 0 aliphatic heterocycles. The minimum Gasteiger partial charge on any atom is -0.495 e. The van der Waals surface area contributed by atoms with Crippen molar-refractivity contribution in [3.05, 3.63) is 51.5 Å². The molecule has 0 aliphatic rings. The van der Waals surface area contributed by atoms with E-state index in [2.05, 4.69) is 0 Å². The molecule has 0 saturated carbocycles. The van der Waals surface area contributed by atoms with Crippen LogP contribution < -0.4 is 4.74 Å². The fourth-order valence-corrected chi connectivity index (χ4v) is 2.62. The van der Waals surface area contributed by atoms with Crippen molar-refractivity contribution in [2.75, 3.05) is 7.11 Å². The summed E-state index contributed by atoms with van der Waals surface area (Å²) in [6, 6.07) is 6.33. The van der Waals surface area contributed by atoms with Crippen molar-refractivity contribution in [2.45, 2.75) is 13.0 Å². The standard InChI is InChI=1S/C13H13FO2S/c1-8-5-9(7-10(14)6-8)12(15)13-11(16-2)3-4-17-13/h3-7,12,15H,1-2H3. The van der Waals surface area contributed by atoms with Crippen LogP contribution in [0.4, 0.5) is 4.39 Å². The summed E-state index contributed by atoms with van der Waals surface area (Å²) in [6.07, 6.45) is -0.848. The maximum Gasteiger partial charge on any atom is 0.135 e. The van der Waals surface area contributed by atoms with Gasteiger partial charge in [-0.1, -0.05) is 6.07 Å². The van der Waals surface area contributed by atoms with Gasteiger partial charge in [-0.3, -0.25) is 0 Å². The largest absolute Gasteiger partial charge is 0.495 e. The third-order valence-electron chi connectivity index (χ3n) is 2.51. The van der Waals surface area contributed by atoms with Crippen molar-refractivity contribution in [3.63, 3.8) is 0 Å². The van der Waals surface area contributed by atoms with Crippen LogP contribution in [-0.2, 0) is 0 Å². The zero-order valence-corrected chi connectivity index (χ0v) is 10.4. The predicted octanol–water partition coefficient (Wildman–Crippen LogP) is 3.29. The van der Waals surface area contributed by atoms with Gasteiger partial charge < -0.3 is 9.84 Å². The quantitative estimate of drug-likeness (QED) is 0.908. The second-order valence-corrected chi connectivity index (χ2v) is 4.77. The molecule has 2 rings (SSSR count). The summed E-state index contributed by atoms with van der Waals surface area (Å²) in [4.78, 5) is 0.692. The van der Waals surface area contributed by atoms with E-state index < -0.39 is 6.10 Å². The molecule has 2 nitrogen and oxygen atoms in total. The molecule has 0 bridgehead atoms. The molecule has 0 saturated heterocycles. The predicted molar refractivity (Wildman–Crippen MR) is 66.1 cm³/mol. The average molecular weight is 252 g/mol. The monoisotopic (exact) mass is 252 g/mol. The number of rotatable bonds is 3. The summed E-state index contributed by atoms with van der Waals surface area (Å²) in [7, 11) is 1.55. The van der Waals surface area contributed by atoms with Crippen molar-refractivity contribution < 1.29 is 14.2 Å². The molecule has 4 heteroatoms. The minimum atomic E-state index is -0.848. The van der Waals surface area contributed by atoms with Crippen LogP contribution in [0.25, 0.3) is 0 Å². The number of hydrogen-bond donors (Lipinski definition) is 1. The first-order valence-corrected chi connectivity index (χ1v) is 6.06. The molecule has 17 heavy (non-hydrogen) atoms. The Hall–Kier alpha value is -1.39. The zero-order valence-electron chi connectivity index (χ0n) is 9.61. The van der Waals surface area contributed by atoms with E-state index in [1.165, 1.54) is 23.5 Å². The molecule has 1 unspecified atom stereocenters. The van der Waals surface area contributed by atoms with Crippen LogP contribution in [-0.4, -0.2) is 12.2 Å². The number of aryl methyl sites for hydroxylation is 1. The Morgan fingerprint density at radius 1 is 1.35 bits per heavy atom. The van der Waals surface area contributed by atoms with Gasteiger partial charge in [0.25, 0.3) is 0 Å². The van der Waals surface area contributed by atoms with Crippen molar-refractivity contribution in [3.8, 4) is 5.75 Å². The van der Waals surface area contributed by atoms with E-state index in [9.17, 15) is 9.50 Å². The van der Waals surface area contributed by atoms with Crippen molar-refractivity contribution in [1.29, 1.82) is 0 Å². The third-order valence-corrected chi connectivity index (χ3v) is 3.46. The van der Waals surface area contributed by atoms with E-state index in [4.69, 9.17) is 4.74 Å². The van der Waals surface area contributed by atoms with Crippen LogP contribution in [0.15, 0.2) is 29.6 Å². The average Bonchev–Trinajstić information content (AvgIpc) is 2.74. The molecule has 2 aromatic rings. The number of ether oxygens (including phenoxy) is 1. The summed E-state index contributed by atoms with van der Waals surface area (Å²) >= 11 is 1.39. The number of hydrogen-bond acceptors (Lipinski definition) is 3. The number of aliphatic hydroxyl groups excluding tert-OH is 1. The Morgan fingerprint density at radius 2 is 2.12 bits per heavy atom. The Kier molecular flexibility index (Phi) is 3.45. The summed E-state index contributed by atoms with van der Waals surface area (Å²) in [5, 5.41) is 12.0. The van der Waals surface area contributed by atoms with Gasteiger partial charge in [-0.05, 0) is 41.6 Å². The smallest absolute Gasteiger partial charge is 0.135 e. The van der Waals surface area contributed by atoms with Gasteiger partial charge in [0.05, 0.1) is 12.0 Å². The normalized spacial score (nSPS) is 12.5. The maximum absolute atomic E-state index is 13.3. The molecule has 1 N–H and O–H groups in total. The molecule has 1 aromatic heterocycles. The molecule has 1 aromatic carbocycles. The van der Waals surface area contributed by atoms with Gasteiger partial charge >= 0.3 is 0 Å². The van der Waals surface area contributed by atoms with Gasteiger partial charge in [0.1, 0.15) is 17.7 Å². The van der Waals surface area contributed by atoms with E-state index in [1.807, 2.05) is 5.38 Å². The second-order valence-electron chi connectivity index (χ2n) is 3.82. The third kappa shape index (κ3) is 2.48. The van der Waals surface area contributed by atoms with Gasteiger partial charge in [0.15, 0.2) is 0 Å². The van der Waals surface area contributed by atoms with Crippen molar-refractivity contribution >= 4 is 11.3 Å². The van der Waals surface area contributed by atoms with Crippen LogP contribution in [0.2, 0.25) is 0 Å². The van der Waals surface area contributed by atoms with Crippen LogP contribution >= 0.6 is 11.3 Å². The van der Waals surface area contributed by atoms with E-state index in [1.54, 1.807) is 26.2 Å². The van der Waals surface area contributed by atoms with E-state index in [-0.39, 0.29) is 5.82 Å². The molecule has 1 heterocycles. The number of methoxy groups -OCH3 is 1. The van der Waals surface area contributed by atoms with Crippen LogP contribution in [0.3, 0.4) is 0 Å². The van der Waals surface area contributed by atoms with E-state index in [0.29, 0.717) is 16.2 Å². The number of aliphatic hydroxyl groups is 1. The van der Waals surface area contributed by atoms with Gasteiger partial charge in [-0.2, -0.15) is 0 Å². The lowest BCUT2D eigenvalue weighted by atomic mass is 10.0. The summed E-state index contributed by atoms with van der Waals surface area (Å²) in [6.45, 7) is 1.80. The first kappa shape index (κ1) is 12.1. The van der Waals surface area contributed by atoms with Crippen molar-refractivity contribution in [2.24, 2.45) is 0 Å². The van der Waals surface area contributed by atoms with E-state index in [0.717, 1.165) is 5.56 Å². The lowest BCUT2D eigenvalue weighted by Gasteiger charge is -2.12. The van der Waals surface area contributed by atoms with Crippen LogP contribution in [0, 0.1) is 12.7 Å². The highest BCUT2D eigenvalue weighted by Crippen LogP contribution is 2.34. The fourth-order valence-electron chi connectivity index (χ4n) is 1.75. The molecular weight excluding hydrogens is 239 g/mol. The molecule has 0 spiro atoms. The van der Waals surface area contributed by atoms with Gasteiger partial charge in [-0.25, -0.2) is 4.39 Å². The second kappa shape index (κ2) is 4.85. The Balaban J connectivity index is 2.39. The number of benzene rings is 1. The molecule has 0 amide bonds. The highest BCUT2D eigenvalue weighted by atomic mass is 32.1. The molecule has 0 aliphatic carbocycles. The topological polar surface area (TPSA) is 29.5 Å². The zero-order chi connectivity index (χ0) is 12.4. The molecule has 1 atom stereocenters. The van der Waals surface area contributed by atoms with Gasteiger partial charge in [0, 0.05) is 0 Å². The molecule has 0 fully saturated rings. The van der Waals surface area contributed by atoms with Gasteiger partial charge in [-0.15, -0.1) is 11.3 Å².